The lowest BCUT2D eigenvalue weighted by Gasteiger charge is -2.34. The molecule has 4 rings (SSSR count). The van der Waals surface area contributed by atoms with Crippen molar-refractivity contribution in [3.05, 3.63) is 70.9 Å². The molecule has 2 heterocycles. The number of aromatic nitrogens is 1. The second-order valence-corrected chi connectivity index (χ2v) is 8.49. The Labute approximate surface area is 189 Å². The summed E-state index contributed by atoms with van der Waals surface area (Å²) in [5, 5.41) is 3.37. The van der Waals surface area contributed by atoms with Gasteiger partial charge in [-0.2, -0.15) is 0 Å². The number of hydrogen-bond donors (Lipinski definition) is 1. The lowest BCUT2D eigenvalue weighted by molar-refractivity contribution is -0.121. The molecule has 32 heavy (non-hydrogen) atoms. The number of anilines is 1. The molecule has 1 N–H and O–H groups in total. The summed E-state index contributed by atoms with van der Waals surface area (Å²) in [5.41, 5.74) is 1.07. The van der Waals surface area contributed by atoms with E-state index >= 15 is 0 Å². The third kappa shape index (κ3) is 4.58. The predicted molar refractivity (Wildman–Crippen MR) is 120 cm³/mol. The Balaban J connectivity index is 1.40. The summed E-state index contributed by atoms with van der Waals surface area (Å²) < 4.78 is 27.7. The first-order valence-electron chi connectivity index (χ1n) is 10.4. The molecule has 1 atom stereocenters. The summed E-state index contributed by atoms with van der Waals surface area (Å²) in [6.45, 7) is 2.77. The average molecular weight is 458 g/mol. The van der Waals surface area contributed by atoms with Crippen LogP contribution in [0.3, 0.4) is 0 Å². The van der Waals surface area contributed by atoms with Gasteiger partial charge in [-0.3, -0.25) is 14.6 Å². The molecule has 0 radical (unpaired) electrons. The van der Waals surface area contributed by atoms with Crippen LogP contribution >= 0.6 is 11.6 Å². The van der Waals surface area contributed by atoms with Crippen LogP contribution in [0.2, 0.25) is 5.02 Å². The number of nitrogens with zero attached hydrogens (tertiary/aromatic N) is 2. The van der Waals surface area contributed by atoms with Crippen molar-refractivity contribution in [1.82, 2.24) is 9.88 Å². The molecule has 166 valence electrons. The van der Waals surface area contributed by atoms with Crippen LogP contribution in [0.5, 0.6) is 0 Å². The van der Waals surface area contributed by atoms with E-state index in [0.29, 0.717) is 42.4 Å². The number of fused-ring (bicyclic) bond motifs is 1. The van der Waals surface area contributed by atoms with Gasteiger partial charge in [-0.1, -0.05) is 18.5 Å². The number of amides is 2. The summed E-state index contributed by atoms with van der Waals surface area (Å²) in [6.07, 6.45) is 2.82. The minimum absolute atomic E-state index is 0.0565. The largest absolute Gasteiger partial charge is 0.339 e. The smallest absolute Gasteiger partial charge is 0.254 e. The van der Waals surface area contributed by atoms with E-state index in [1.807, 2.05) is 6.92 Å². The molecule has 0 aliphatic carbocycles. The normalized spacial score (nSPS) is 15.6. The molecule has 1 fully saturated rings. The van der Waals surface area contributed by atoms with Crippen LogP contribution in [-0.4, -0.2) is 34.8 Å². The highest BCUT2D eigenvalue weighted by Gasteiger charge is 2.31. The van der Waals surface area contributed by atoms with Gasteiger partial charge in [0.25, 0.3) is 5.91 Å². The zero-order chi connectivity index (χ0) is 22.8. The number of pyridine rings is 1. The minimum Gasteiger partial charge on any atom is -0.339 e. The van der Waals surface area contributed by atoms with Gasteiger partial charge in [0.2, 0.25) is 5.91 Å². The molecule has 0 unspecified atom stereocenters. The maximum absolute atomic E-state index is 14.0. The number of nitrogens with one attached hydrogen (secondary N) is 1. The van der Waals surface area contributed by atoms with Crippen LogP contribution < -0.4 is 5.32 Å². The van der Waals surface area contributed by atoms with Crippen LogP contribution in [-0.2, 0) is 4.79 Å². The first kappa shape index (κ1) is 22.1. The van der Waals surface area contributed by atoms with Gasteiger partial charge in [0.1, 0.15) is 11.6 Å². The molecular formula is C24H22ClF2N3O2. The minimum atomic E-state index is -0.584. The second-order valence-electron chi connectivity index (χ2n) is 8.05. The lowest BCUT2D eigenvalue weighted by Crippen LogP contribution is -2.41. The van der Waals surface area contributed by atoms with Gasteiger partial charge >= 0.3 is 0 Å². The van der Waals surface area contributed by atoms with Gasteiger partial charge in [-0.25, -0.2) is 8.78 Å². The average Bonchev–Trinajstić information content (AvgIpc) is 2.79. The number of piperidine rings is 1. The van der Waals surface area contributed by atoms with E-state index in [1.165, 1.54) is 24.3 Å². The molecule has 2 aromatic carbocycles. The summed E-state index contributed by atoms with van der Waals surface area (Å²) in [7, 11) is 0. The Kier molecular flexibility index (Phi) is 6.37. The van der Waals surface area contributed by atoms with E-state index in [0.717, 1.165) is 6.07 Å². The van der Waals surface area contributed by atoms with Gasteiger partial charge in [0.15, 0.2) is 0 Å². The molecular weight excluding hydrogens is 436 g/mol. The Morgan fingerprint density at radius 2 is 1.88 bits per heavy atom. The zero-order valence-corrected chi connectivity index (χ0v) is 18.2. The monoisotopic (exact) mass is 457 g/mol. The second kappa shape index (κ2) is 9.20. The maximum Gasteiger partial charge on any atom is 0.254 e. The summed E-state index contributed by atoms with van der Waals surface area (Å²) in [5.74, 6) is -1.75. The van der Waals surface area contributed by atoms with Gasteiger partial charge in [0, 0.05) is 35.6 Å². The Morgan fingerprint density at radius 1 is 1.12 bits per heavy atom. The van der Waals surface area contributed by atoms with E-state index in [9.17, 15) is 18.4 Å². The van der Waals surface area contributed by atoms with Crippen molar-refractivity contribution in [3.8, 4) is 0 Å². The molecule has 1 aromatic heterocycles. The van der Waals surface area contributed by atoms with Crippen molar-refractivity contribution in [2.45, 2.75) is 19.8 Å². The summed E-state index contributed by atoms with van der Waals surface area (Å²) in [4.78, 5) is 31.6. The van der Waals surface area contributed by atoms with Crippen molar-refractivity contribution in [3.63, 3.8) is 0 Å². The van der Waals surface area contributed by atoms with Crippen molar-refractivity contribution in [2.24, 2.45) is 11.8 Å². The molecule has 8 heteroatoms. The highest BCUT2D eigenvalue weighted by molar-refractivity contribution is 6.30. The van der Waals surface area contributed by atoms with Crippen molar-refractivity contribution < 1.29 is 18.4 Å². The Bertz CT molecular complexity index is 1180. The standard InChI is InChI=1S/C24H22ClF2N3O2/c1-14(23(31)29-22-4-2-16(25)12-20(22)27)15-7-10-30(11-8-15)24(32)18-6-9-28-21-5-3-17(26)13-19(18)21/h2-6,9,12-15H,7-8,10-11H2,1H3,(H,29,31)/t14-/m0/s1. The third-order valence-corrected chi connectivity index (χ3v) is 6.31. The third-order valence-electron chi connectivity index (χ3n) is 6.07. The molecule has 0 bridgehead atoms. The topological polar surface area (TPSA) is 62.3 Å². The fourth-order valence-electron chi connectivity index (χ4n) is 4.13. The zero-order valence-electron chi connectivity index (χ0n) is 17.4. The van der Waals surface area contributed by atoms with E-state index in [1.54, 1.807) is 23.2 Å². The van der Waals surface area contributed by atoms with Gasteiger partial charge in [0.05, 0.1) is 16.8 Å². The number of rotatable bonds is 4. The SMILES string of the molecule is C[C@H](C(=O)Nc1ccc(Cl)cc1F)C1CCN(C(=O)c2ccnc3ccc(F)cc23)CC1. The molecule has 5 nitrogen and oxygen atoms in total. The molecule has 0 saturated carbocycles. The predicted octanol–water partition coefficient (Wildman–Crippen LogP) is 5.29. The number of likely N-dealkylation sites (tertiary alicyclic amines) is 1. The van der Waals surface area contributed by atoms with Crippen LogP contribution in [0.4, 0.5) is 14.5 Å². The van der Waals surface area contributed by atoms with Crippen LogP contribution in [0.15, 0.2) is 48.7 Å². The Hall–Kier alpha value is -3.06. The van der Waals surface area contributed by atoms with Crippen molar-refractivity contribution in [2.75, 3.05) is 18.4 Å². The first-order chi connectivity index (χ1) is 15.3. The fraction of sp³-hybridized carbons (Fsp3) is 0.292. The maximum atomic E-state index is 14.0. The first-order valence-corrected chi connectivity index (χ1v) is 10.8. The van der Waals surface area contributed by atoms with Crippen LogP contribution in [0.25, 0.3) is 10.9 Å². The molecule has 2 amide bonds. The van der Waals surface area contributed by atoms with E-state index in [4.69, 9.17) is 11.6 Å². The fourth-order valence-corrected chi connectivity index (χ4v) is 4.29. The molecule has 1 aliphatic heterocycles. The number of carbonyl (C=O) groups excluding carboxylic acids is 2. The molecule has 1 saturated heterocycles. The van der Waals surface area contributed by atoms with Crippen LogP contribution in [0, 0.1) is 23.5 Å². The quantitative estimate of drug-likeness (QED) is 0.578. The van der Waals surface area contributed by atoms with Crippen molar-refractivity contribution in [1.29, 1.82) is 0 Å². The Morgan fingerprint density at radius 3 is 2.59 bits per heavy atom. The summed E-state index contributed by atoms with van der Waals surface area (Å²) >= 11 is 5.75. The molecule has 0 spiro atoms. The summed E-state index contributed by atoms with van der Waals surface area (Å²) in [6, 6.07) is 9.90. The molecule has 3 aromatic rings. The van der Waals surface area contributed by atoms with Gasteiger partial charge < -0.3 is 10.2 Å². The van der Waals surface area contributed by atoms with Crippen LogP contribution in [0.1, 0.15) is 30.1 Å². The number of hydrogen-bond acceptors (Lipinski definition) is 3. The van der Waals surface area contributed by atoms with Gasteiger partial charge in [-0.05, 0) is 61.2 Å². The lowest BCUT2D eigenvalue weighted by atomic mass is 9.84. The van der Waals surface area contributed by atoms with Gasteiger partial charge in [-0.15, -0.1) is 0 Å². The highest BCUT2D eigenvalue weighted by Crippen LogP contribution is 2.29. The van der Waals surface area contributed by atoms with Crippen molar-refractivity contribution >= 4 is 40.0 Å². The highest BCUT2D eigenvalue weighted by atomic mass is 35.5. The molecule has 1 aliphatic rings. The number of benzene rings is 2. The van der Waals surface area contributed by atoms with E-state index in [-0.39, 0.29) is 34.4 Å². The number of halogens is 3. The van der Waals surface area contributed by atoms with E-state index < -0.39 is 11.6 Å². The number of carbonyl (C=O) groups is 2. The van der Waals surface area contributed by atoms with E-state index in [2.05, 4.69) is 10.3 Å².